The van der Waals surface area contributed by atoms with Crippen molar-refractivity contribution in [2.24, 2.45) is 11.8 Å². The smallest absolute Gasteiger partial charge is 0.241 e. The van der Waals surface area contributed by atoms with Gasteiger partial charge in [0.05, 0.1) is 13.2 Å². The van der Waals surface area contributed by atoms with E-state index < -0.39 is 5.92 Å². The SMILES string of the molecule is COc1cc(C)c(NC(=O)C(C#N)C(C)C)cc1C. The van der Waals surface area contributed by atoms with Crippen LogP contribution in [0.25, 0.3) is 0 Å². The van der Waals surface area contributed by atoms with Crippen LogP contribution in [0.5, 0.6) is 5.75 Å². The highest BCUT2D eigenvalue weighted by Crippen LogP contribution is 2.26. The second kappa shape index (κ2) is 6.24. The Hall–Kier alpha value is -2.02. The van der Waals surface area contributed by atoms with Gasteiger partial charge in [0.25, 0.3) is 0 Å². The maximum Gasteiger partial charge on any atom is 0.241 e. The van der Waals surface area contributed by atoms with E-state index >= 15 is 0 Å². The summed E-state index contributed by atoms with van der Waals surface area (Å²) in [5.41, 5.74) is 2.59. The molecule has 1 amide bonds. The molecule has 0 saturated heterocycles. The highest BCUT2D eigenvalue weighted by Gasteiger charge is 2.22. The van der Waals surface area contributed by atoms with Crippen LogP contribution < -0.4 is 10.1 Å². The first kappa shape index (κ1) is 15.0. The van der Waals surface area contributed by atoms with Gasteiger partial charge in [-0.05, 0) is 43.0 Å². The maximum atomic E-state index is 12.0. The van der Waals surface area contributed by atoms with Gasteiger partial charge in [-0.2, -0.15) is 5.26 Å². The van der Waals surface area contributed by atoms with Gasteiger partial charge in [-0.3, -0.25) is 4.79 Å². The van der Waals surface area contributed by atoms with Crippen LogP contribution in [-0.2, 0) is 4.79 Å². The quantitative estimate of drug-likeness (QED) is 0.905. The predicted molar refractivity (Wildman–Crippen MR) is 75.0 cm³/mol. The second-order valence-corrected chi connectivity index (χ2v) is 4.98. The summed E-state index contributed by atoms with van der Waals surface area (Å²) in [4.78, 5) is 12.0. The number of aryl methyl sites for hydroxylation is 2. The van der Waals surface area contributed by atoms with Crippen LogP contribution >= 0.6 is 0 Å². The summed E-state index contributed by atoms with van der Waals surface area (Å²) in [6.45, 7) is 7.53. The molecule has 102 valence electrons. The molecule has 0 fully saturated rings. The van der Waals surface area contributed by atoms with E-state index in [1.54, 1.807) is 7.11 Å². The molecule has 19 heavy (non-hydrogen) atoms. The van der Waals surface area contributed by atoms with E-state index in [4.69, 9.17) is 10.00 Å². The summed E-state index contributed by atoms with van der Waals surface area (Å²) >= 11 is 0. The molecule has 1 aromatic rings. The van der Waals surface area contributed by atoms with Crippen molar-refractivity contribution in [3.63, 3.8) is 0 Å². The first-order chi connectivity index (χ1) is 8.90. The van der Waals surface area contributed by atoms with Gasteiger partial charge in [0.15, 0.2) is 0 Å². The molecule has 0 aliphatic carbocycles. The van der Waals surface area contributed by atoms with Crippen molar-refractivity contribution < 1.29 is 9.53 Å². The minimum atomic E-state index is -0.637. The van der Waals surface area contributed by atoms with Crippen molar-refractivity contribution in [1.29, 1.82) is 5.26 Å². The monoisotopic (exact) mass is 260 g/mol. The number of hydrogen-bond donors (Lipinski definition) is 1. The molecule has 1 rings (SSSR count). The lowest BCUT2D eigenvalue weighted by atomic mass is 9.96. The van der Waals surface area contributed by atoms with E-state index in [2.05, 4.69) is 5.32 Å². The molecule has 0 saturated carbocycles. The van der Waals surface area contributed by atoms with Gasteiger partial charge in [-0.25, -0.2) is 0 Å². The van der Waals surface area contributed by atoms with E-state index in [-0.39, 0.29) is 11.8 Å². The maximum absolute atomic E-state index is 12.0. The summed E-state index contributed by atoms with van der Waals surface area (Å²) in [7, 11) is 1.62. The molecule has 1 N–H and O–H groups in total. The van der Waals surface area contributed by atoms with Gasteiger partial charge < -0.3 is 10.1 Å². The minimum Gasteiger partial charge on any atom is -0.496 e. The number of methoxy groups -OCH3 is 1. The number of nitriles is 1. The van der Waals surface area contributed by atoms with Crippen LogP contribution in [0.2, 0.25) is 0 Å². The van der Waals surface area contributed by atoms with Gasteiger partial charge in [0.1, 0.15) is 11.7 Å². The highest BCUT2D eigenvalue weighted by atomic mass is 16.5. The predicted octanol–water partition coefficient (Wildman–Crippen LogP) is 3.05. The van der Waals surface area contributed by atoms with Gasteiger partial charge in [-0.15, -0.1) is 0 Å². The van der Waals surface area contributed by atoms with E-state index in [9.17, 15) is 4.79 Å². The number of rotatable bonds is 4. The number of benzene rings is 1. The molecule has 0 aromatic heterocycles. The molecule has 4 nitrogen and oxygen atoms in total. The summed E-state index contributed by atoms with van der Waals surface area (Å²) < 4.78 is 5.23. The fourth-order valence-electron chi connectivity index (χ4n) is 1.87. The van der Waals surface area contributed by atoms with Gasteiger partial charge >= 0.3 is 0 Å². The third-order valence-corrected chi connectivity index (χ3v) is 3.09. The Kier molecular flexibility index (Phi) is 4.94. The number of anilines is 1. The van der Waals surface area contributed by atoms with Gasteiger partial charge in [-0.1, -0.05) is 13.8 Å². The Balaban J connectivity index is 2.98. The lowest BCUT2D eigenvalue weighted by molar-refractivity contribution is -0.119. The molecule has 0 bridgehead atoms. The van der Waals surface area contributed by atoms with E-state index in [0.29, 0.717) is 0 Å². The largest absolute Gasteiger partial charge is 0.496 e. The van der Waals surface area contributed by atoms with Crippen LogP contribution in [0.1, 0.15) is 25.0 Å². The zero-order valence-corrected chi connectivity index (χ0v) is 12.1. The fourth-order valence-corrected chi connectivity index (χ4v) is 1.87. The molecule has 4 heteroatoms. The fraction of sp³-hybridized carbons (Fsp3) is 0.467. The molecule has 0 aliphatic rings. The average molecular weight is 260 g/mol. The van der Waals surface area contributed by atoms with E-state index in [1.807, 2.05) is 45.9 Å². The summed E-state index contributed by atoms with van der Waals surface area (Å²) in [5.74, 6) is -0.118. The summed E-state index contributed by atoms with van der Waals surface area (Å²) in [6, 6.07) is 5.78. The molecule has 1 atom stereocenters. The van der Waals surface area contributed by atoms with Crippen molar-refractivity contribution in [3.8, 4) is 11.8 Å². The minimum absolute atomic E-state index is 0.00958. The number of amides is 1. The molecular weight excluding hydrogens is 240 g/mol. The van der Waals surface area contributed by atoms with Crippen molar-refractivity contribution in [2.75, 3.05) is 12.4 Å². The number of hydrogen-bond acceptors (Lipinski definition) is 3. The first-order valence-electron chi connectivity index (χ1n) is 6.26. The molecule has 1 unspecified atom stereocenters. The normalized spacial score (nSPS) is 11.8. The lowest BCUT2D eigenvalue weighted by Crippen LogP contribution is -2.26. The third kappa shape index (κ3) is 3.47. The van der Waals surface area contributed by atoms with Crippen molar-refractivity contribution in [3.05, 3.63) is 23.3 Å². The summed E-state index contributed by atoms with van der Waals surface area (Å²) in [5, 5.41) is 11.8. The Morgan fingerprint density at radius 1 is 1.32 bits per heavy atom. The standard InChI is InChI=1S/C15H20N2O2/c1-9(2)12(8-16)15(18)17-13-6-11(4)14(19-5)7-10(13)3/h6-7,9,12H,1-5H3,(H,17,18). The average Bonchev–Trinajstić information content (AvgIpc) is 2.33. The Bertz CT molecular complexity index is 516. The van der Waals surface area contributed by atoms with E-state index in [1.165, 1.54) is 0 Å². The Morgan fingerprint density at radius 3 is 2.42 bits per heavy atom. The van der Waals surface area contributed by atoms with Gasteiger partial charge in [0, 0.05) is 5.69 Å². The number of nitrogens with one attached hydrogen (secondary N) is 1. The van der Waals surface area contributed by atoms with Crippen LogP contribution in [0.4, 0.5) is 5.69 Å². The number of ether oxygens (including phenoxy) is 1. The zero-order chi connectivity index (χ0) is 14.6. The Labute approximate surface area is 114 Å². The first-order valence-corrected chi connectivity index (χ1v) is 6.26. The molecule has 0 aliphatic heterocycles. The number of nitrogens with zero attached hydrogens (tertiary/aromatic N) is 1. The lowest BCUT2D eigenvalue weighted by Gasteiger charge is -2.16. The van der Waals surface area contributed by atoms with Crippen LogP contribution in [0, 0.1) is 37.0 Å². The zero-order valence-electron chi connectivity index (χ0n) is 12.1. The summed E-state index contributed by atoms with van der Waals surface area (Å²) in [6.07, 6.45) is 0. The molecular formula is C15H20N2O2. The molecule has 0 radical (unpaired) electrons. The second-order valence-electron chi connectivity index (χ2n) is 4.98. The van der Waals surface area contributed by atoms with Crippen LogP contribution in [0.3, 0.4) is 0 Å². The van der Waals surface area contributed by atoms with Crippen molar-refractivity contribution >= 4 is 11.6 Å². The Morgan fingerprint density at radius 2 is 1.95 bits per heavy atom. The highest BCUT2D eigenvalue weighted by molar-refractivity contribution is 5.95. The van der Waals surface area contributed by atoms with E-state index in [0.717, 1.165) is 22.6 Å². The number of carbonyl (C=O) groups is 1. The van der Waals surface area contributed by atoms with Crippen LogP contribution in [0.15, 0.2) is 12.1 Å². The molecule has 1 aromatic carbocycles. The molecule has 0 spiro atoms. The van der Waals surface area contributed by atoms with Crippen molar-refractivity contribution in [2.45, 2.75) is 27.7 Å². The molecule has 0 heterocycles. The van der Waals surface area contributed by atoms with Crippen molar-refractivity contribution in [1.82, 2.24) is 0 Å². The van der Waals surface area contributed by atoms with Crippen LogP contribution in [-0.4, -0.2) is 13.0 Å². The van der Waals surface area contributed by atoms with Gasteiger partial charge in [0.2, 0.25) is 5.91 Å². The number of carbonyl (C=O) groups excluding carboxylic acids is 1. The third-order valence-electron chi connectivity index (χ3n) is 3.09. The topological polar surface area (TPSA) is 62.1 Å².